The summed E-state index contributed by atoms with van der Waals surface area (Å²) < 4.78 is 28.9. The molecule has 2 aliphatic rings. The number of carboxylic acid groups (broad SMARTS) is 1. The monoisotopic (exact) mass is 448 g/mol. The summed E-state index contributed by atoms with van der Waals surface area (Å²) in [6, 6.07) is 22.1. The summed E-state index contributed by atoms with van der Waals surface area (Å²) in [5.74, 6) is -0.928. The van der Waals surface area contributed by atoms with Gasteiger partial charge in [0.2, 0.25) is 10.0 Å². The number of rotatable bonds is 4. The van der Waals surface area contributed by atoms with Crippen LogP contribution in [0.3, 0.4) is 0 Å². The molecule has 0 bridgehead atoms. The molecule has 0 spiro atoms. The number of aryl methyl sites for hydroxylation is 1. The van der Waals surface area contributed by atoms with Crippen molar-refractivity contribution in [1.29, 1.82) is 0 Å². The molecule has 0 radical (unpaired) electrons. The molecular weight excluding hydrogens is 424 g/mol. The van der Waals surface area contributed by atoms with Crippen LogP contribution in [0.2, 0.25) is 0 Å². The Bertz CT molecular complexity index is 1270. The van der Waals surface area contributed by atoms with E-state index in [1.54, 1.807) is 28.6 Å². The van der Waals surface area contributed by atoms with Gasteiger partial charge in [-0.1, -0.05) is 48.5 Å². The Morgan fingerprint density at radius 1 is 0.938 bits per heavy atom. The van der Waals surface area contributed by atoms with Crippen LogP contribution >= 0.6 is 0 Å². The molecule has 1 unspecified atom stereocenters. The highest BCUT2D eigenvalue weighted by Gasteiger charge is 2.37. The molecule has 3 aromatic carbocycles. The summed E-state index contributed by atoms with van der Waals surface area (Å²) in [6.45, 7) is 1.39. The van der Waals surface area contributed by atoms with E-state index in [0.29, 0.717) is 35.7 Å². The summed E-state index contributed by atoms with van der Waals surface area (Å²) in [7, 11) is -3.66. The van der Waals surface area contributed by atoms with Gasteiger partial charge in [0.05, 0.1) is 10.5 Å². The van der Waals surface area contributed by atoms with Gasteiger partial charge in [-0.2, -0.15) is 4.31 Å². The minimum atomic E-state index is -3.66. The van der Waals surface area contributed by atoms with E-state index in [-0.39, 0.29) is 6.04 Å². The first-order valence-corrected chi connectivity index (χ1v) is 12.2. The topological polar surface area (TPSA) is 77.9 Å². The second kappa shape index (κ2) is 8.07. The predicted molar refractivity (Wildman–Crippen MR) is 123 cm³/mol. The Morgan fingerprint density at radius 2 is 1.69 bits per heavy atom. The number of carbonyl (C=O) groups is 1. The fourth-order valence-corrected chi connectivity index (χ4v) is 6.50. The maximum Gasteiger partial charge on any atom is 0.335 e. The van der Waals surface area contributed by atoms with E-state index in [0.717, 1.165) is 29.7 Å². The van der Waals surface area contributed by atoms with E-state index in [1.165, 1.54) is 0 Å². The lowest BCUT2D eigenvalue weighted by Gasteiger charge is -2.45. The lowest BCUT2D eigenvalue weighted by Crippen LogP contribution is -2.56. The summed E-state index contributed by atoms with van der Waals surface area (Å²) in [5, 5.41) is 9.27. The summed E-state index contributed by atoms with van der Waals surface area (Å²) >= 11 is 0. The Kier molecular flexibility index (Phi) is 5.23. The van der Waals surface area contributed by atoms with Gasteiger partial charge in [0.15, 0.2) is 0 Å². The zero-order valence-corrected chi connectivity index (χ0v) is 18.3. The van der Waals surface area contributed by atoms with Crippen molar-refractivity contribution in [3.05, 3.63) is 83.9 Å². The maximum absolute atomic E-state index is 13.7. The molecule has 3 aromatic rings. The largest absolute Gasteiger partial charge is 0.478 e. The van der Waals surface area contributed by atoms with E-state index in [2.05, 4.69) is 4.90 Å². The molecule has 1 N–H and O–H groups in total. The molecule has 1 atom stereocenters. The van der Waals surface area contributed by atoms with Gasteiger partial charge in [0.25, 0.3) is 0 Å². The van der Waals surface area contributed by atoms with Crippen LogP contribution in [-0.4, -0.2) is 49.5 Å². The zero-order chi connectivity index (χ0) is 22.3. The Hall–Kier alpha value is -3.16. The lowest BCUT2D eigenvalue weighted by molar-refractivity contribution is 0.0696. The number of piperazine rings is 1. The van der Waals surface area contributed by atoms with Gasteiger partial charge in [-0.3, -0.25) is 0 Å². The van der Waals surface area contributed by atoms with E-state index >= 15 is 0 Å². The lowest BCUT2D eigenvalue weighted by atomic mass is 9.93. The average molecular weight is 449 g/mol. The zero-order valence-electron chi connectivity index (χ0n) is 17.5. The van der Waals surface area contributed by atoms with Gasteiger partial charge < -0.3 is 10.0 Å². The fourth-order valence-electron chi connectivity index (χ4n) is 4.82. The van der Waals surface area contributed by atoms with Gasteiger partial charge in [-0.25, -0.2) is 13.2 Å². The molecule has 1 saturated heterocycles. The molecule has 0 aliphatic carbocycles. The quantitative estimate of drug-likeness (QED) is 0.656. The van der Waals surface area contributed by atoms with Gasteiger partial charge in [-0.05, 0) is 48.2 Å². The van der Waals surface area contributed by atoms with Crippen molar-refractivity contribution in [2.45, 2.75) is 23.8 Å². The highest BCUT2D eigenvalue weighted by molar-refractivity contribution is 7.89. The molecule has 2 aliphatic heterocycles. The highest BCUT2D eigenvalue weighted by Crippen LogP contribution is 2.36. The Morgan fingerprint density at radius 3 is 2.47 bits per heavy atom. The first-order chi connectivity index (χ1) is 15.4. The first kappa shape index (κ1) is 20.7. The first-order valence-electron chi connectivity index (χ1n) is 10.7. The molecule has 6 nitrogen and oxygen atoms in total. The molecule has 0 aromatic heterocycles. The van der Waals surface area contributed by atoms with Crippen molar-refractivity contribution in [3.63, 3.8) is 0 Å². The molecule has 0 saturated carbocycles. The SMILES string of the molecule is O=C(O)c1ccc2c(c1)CCC1CN(S(=O)(=O)c3ccccc3-c3ccccc3)CCN21. The van der Waals surface area contributed by atoms with Crippen molar-refractivity contribution in [2.24, 2.45) is 0 Å². The number of benzene rings is 3. The van der Waals surface area contributed by atoms with E-state index in [1.807, 2.05) is 48.5 Å². The number of hydrogen-bond donors (Lipinski definition) is 1. The molecular formula is C25H24N2O4S. The number of sulfonamides is 1. The van der Waals surface area contributed by atoms with E-state index in [9.17, 15) is 18.3 Å². The normalized spacial score (nSPS) is 18.6. The van der Waals surface area contributed by atoms with Gasteiger partial charge in [0, 0.05) is 36.9 Å². The average Bonchev–Trinajstić information content (AvgIpc) is 2.83. The number of hydrogen-bond acceptors (Lipinski definition) is 4. The summed E-state index contributed by atoms with van der Waals surface area (Å²) in [4.78, 5) is 13.9. The van der Waals surface area contributed by atoms with Crippen LogP contribution in [0.15, 0.2) is 77.7 Å². The van der Waals surface area contributed by atoms with Crippen LogP contribution in [0.1, 0.15) is 22.3 Å². The number of aromatic carboxylic acids is 1. The molecule has 1 fully saturated rings. The molecule has 164 valence electrons. The van der Waals surface area contributed by atoms with Crippen molar-refractivity contribution in [2.75, 3.05) is 24.5 Å². The molecule has 2 heterocycles. The van der Waals surface area contributed by atoms with Crippen molar-refractivity contribution >= 4 is 21.7 Å². The van der Waals surface area contributed by atoms with E-state index in [4.69, 9.17) is 0 Å². The summed E-state index contributed by atoms with van der Waals surface area (Å²) in [6.07, 6.45) is 1.54. The van der Waals surface area contributed by atoms with Gasteiger partial charge in [0.1, 0.15) is 0 Å². The third-order valence-corrected chi connectivity index (χ3v) is 8.34. The third-order valence-electron chi connectivity index (χ3n) is 6.42. The van der Waals surface area contributed by atoms with Crippen molar-refractivity contribution in [3.8, 4) is 11.1 Å². The summed E-state index contributed by atoms with van der Waals surface area (Å²) in [5.41, 5.74) is 3.93. The van der Waals surface area contributed by atoms with E-state index < -0.39 is 16.0 Å². The molecule has 7 heteroatoms. The van der Waals surface area contributed by atoms with Crippen LogP contribution in [0.5, 0.6) is 0 Å². The van der Waals surface area contributed by atoms with Gasteiger partial charge in [-0.15, -0.1) is 0 Å². The maximum atomic E-state index is 13.7. The fraction of sp³-hybridized carbons (Fsp3) is 0.240. The van der Waals surface area contributed by atoms with Gasteiger partial charge >= 0.3 is 5.97 Å². The Balaban J connectivity index is 1.43. The number of carboxylic acids is 1. The standard InChI is InChI=1S/C25H24N2O4S/c28-25(29)20-11-13-23-19(16-20)10-12-21-17-26(14-15-27(21)23)32(30,31)24-9-5-4-8-22(24)18-6-2-1-3-7-18/h1-9,11,13,16,21H,10,12,14-15,17H2,(H,28,29). The molecule has 32 heavy (non-hydrogen) atoms. The van der Waals surface area contributed by atoms with Crippen LogP contribution in [0, 0.1) is 0 Å². The van der Waals surface area contributed by atoms with Crippen molar-refractivity contribution < 1.29 is 18.3 Å². The molecule has 5 rings (SSSR count). The van der Waals surface area contributed by atoms with Crippen LogP contribution < -0.4 is 4.90 Å². The van der Waals surface area contributed by atoms with Crippen LogP contribution in [0.4, 0.5) is 5.69 Å². The second-order valence-electron chi connectivity index (χ2n) is 8.26. The number of nitrogens with zero attached hydrogens (tertiary/aromatic N) is 2. The number of fused-ring (bicyclic) bond motifs is 3. The highest BCUT2D eigenvalue weighted by atomic mass is 32.2. The molecule has 0 amide bonds. The predicted octanol–water partition coefficient (Wildman–Crippen LogP) is 3.88. The van der Waals surface area contributed by atoms with Crippen molar-refractivity contribution in [1.82, 2.24) is 4.31 Å². The minimum absolute atomic E-state index is 0.0746. The van der Waals surface area contributed by atoms with Crippen LogP contribution in [-0.2, 0) is 16.4 Å². The smallest absolute Gasteiger partial charge is 0.335 e. The Labute approximate surface area is 187 Å². The second-order valence-corrected chi connectivity index (χ2v) is 10.2. The number of anilines is 1. The minimum Gasteiger partial charge on any atom is -0.478 e. The third kappa shape index (κ3) is 3.57. The van der Waals surface area contributed by atoms with Crippen LogP contribution in [0.25, 0.3) is 11.1 Å².